The van der Waals surface area contributed by atoms with Crippen molar-refractivity contribution in [2.24, 2.45) is 5.92 Å². The molecule has 1 atom stereocenters. The van der Waals surface area contributed by atoms with E-state index in [4.69, 9.17) is 4.74 Å². The molecule has 2 heterocycles. The Hall–Kier alpha value is -2.57. The molecule has 3 aliphatic rings. The van der Waals surface area contributed by atoms with Gasteiger partial charge >= 0.3 is 6.03 Å². The summed E-state index contributed by atoms with van der Waals surface area (Å²) < 4.78 is 5.70. The van der Waals surface area contributed by atoms with Crippen LogP contribution in [-0.2, 0) is 16.1 Å². The number of imide groups is 1. The molecule has 0 spiro atoms. The van der Waals surface area contributed by atoms with Gasteiger partial charge in [-0.2, -0.15) is 0 Å². The summed E-state index contributed by atoms with van der Waals surface area (Å²) >= 11 is 0. The highest BCUT2D eigenvalue weighted by Crippen LogP contribution is 2.29. The molecule has 1 aliphatic carbocycles. The smallest absolute Gasteiger partial charge is 0.324 e. The van der Waals surface area contributed by atoms with E-state index in [0.717, 1.165) is 37.0 Å². The van der Waals surface area contributed by atoms with Gasteiger partial charge in [0, 0.05) is 25.1 Å². The Morgan fingerprint density at radius 1 is 1.14 bits per heavy atom. The van der Waals surface area contributed by atoms with Gasteiger partial charge in [0.15, 0.2) is 0 Å². The number of hydrogen-bond acceptors (Lipinski definition) is 4. The largest absolute Gasteiger partial charge is 0.491 e. The number of urea groups is 1. The maximum atomic E-state index is 12.7. The lowest BCUT2D eigenvalue weighted by atomic mass is 9.84. The van der Waals surface area contributed by atoms with Gasteiger partial charge in [0.2, 0.25) is 5.91 Å². The first-order valence-corrected chi connectivity index (χ1v) is 10.2. The lowest BCUT2D eigenvalue weighted by Gasteiger charge is -2.25. The first-order chi connectivity index (χ1) is 13.6. The third-order valence-corrected chi connectivity index (χ3v) is 6.03. The number of amides is 4. The lowest BCUT2D eigenvalue weighted by Crippen LogP contribution is -2.39. The number of nitrogens with zero attached hydrogens (tertiary/aromatic N) is 2. The van der Waals surface area contributed by atoms with Crippen LogP contribution >= 0.6 is 0 Å². The predicted molar refractivity (Wildman–Crippen MR) is 103 cm³/mol. The number of para-hydroxylation sites is 1. The zero-order valence-electron chi connectivity index (χ0n) is 16.1. The number of benzene rings is 1. The second kappa shape index (κ2) is 8.20. The van der Waals surface area contributed by atoms with E-state index in [1.807, 2.05) is 24.3 Å². The van der Waals surface area contributed by atoms with E-state index in [1.54, 1.807) is 4.90 Å². The Morgan fingerprint density at radius 3 is 2.75 bits per heavy atom. The Morgan fingerprint density at radius 2 is 1.93 bits per heavy atom. The number of ether oxygens (including phenoxy) is 1. The van der Waals surface area contributed by atoms with Crippen molar-refractivity contribution in [1.82, 2.24) is 15.1 Å². The molecule has 1 N–H and O–H groups in total. The standard InChI is InChI=1S/C21H27N3O4/c25-18(23-12-13-28-17-9-5-4-8-16(17)14-23)10-11-24-20(26)19(22-21(24)27)15-6-2-1-3-7-15/h4-5,8-9,15,19H,1-3,6-7,10-14H2,(H,22,27). The molecular formula is C21H27N3O4. The van der Waals surface area contributed by atoms with Crippen molar-refractivity contribution in [2.75, 3.05) is 19.7 Å². The van der Waals surface area contributed by atoms with Gasteiger partial charge in [-0.15, -0.1) is 0 Å². The molecule has 4 amide bonds. The quantitative estimate of drug-likeness (QED) is 0.807. The Labute approximate surface area is 165 Å². The van der Waals surface area contributed by atoms with Crippen LogP contribution in [0.2, 0.25) is 0 Å². The van der Waals surface area contributed by atoms with E-state index >= 15 is 0 Å². The summed E-state index contributed by atoms with van der Waals surface area (Å²) in [5, 5.41) is 2.84. The summed E-state index contributed by atoms with van der Waals surface area (Å²) in [7, 11) is 0. The molecule has 1 aromatic rings. The van der Waals surface area contributed by atoms with E-state index < -0.39 is 6.04 Å². The summed E-state index contributed by atoms with van der Waals surface area (Å²) in [5.41, 5.74) is 0.973. The minimum Gasteiger partial charge on any atom is -0.491 e. The molecule has 0 radical (unpaired) electrons. The highest BCUT2D eigenvalue weighted by molar-refractivity contribution is 6.04. The van der Waals surface area contributed by atoms with Gasteiger partial charge in [0.25, 0.3) is 5.91 Å². The second-order valence-corrected chi connectivity index (χ2v) is 7.84. The predicted octanol–water partition coefficient (Wildman–Crippen LogP) is 2.30. The molecular weight excluding hydrogens is 358 g/mol. The number of carbonyl (C=O) groups is 3. The van der Waals surface area contributed by atoms with Gasteiger partial charge in [-0.3, -0.25) is 14.5 Å². The third kappa shape index (κ3) is 3.84. The van der Waals surface area contributed by atoms with Gasteiger partial charge in [-0.05, 0) is 24.8 Å². The first kappa shape index (κ1) is 18.8. The van der Waals surface area contributed by atoms with Gasteiger partial charge in [0.1, 0.15) is 18.4 Å². The normalized spacial score (nSPS) is 23.1. The van der Waals surface area contributed by atoms with Crippen LogP contribution in [0.1, 0.15) is 44.1 Å². The molecule has 150 valence electrons. The van der Waals surface area contributed by atoms with Crippen molar-refractivity contribution >= 4 is 17.8 Å². The highest BCUT2D eigenvalue weighted by Gasteiger charge is 2.42. The number of nitrogens with one attached hydrogen (secondary N) is 1. The summed E-state index contributed by atoms with van der Waals surface area (Å²) in [6.07, 6.45) is 5.53. The van der Waals surface area contributed by atoms with Crippen molar-refractivity contribution in [2.45, 2.75) is 51.1 Å². The van der Waals surface area contributed by atoms with Gasteiger partial charge in [0.05, 0.1) is 6.54 Å². The van der Waals surface area contributed by atoms with Gasteiger partial charge in [-0.1, -0.05) is 37.5 Å². The minimum absolute atomic E-state index is 0.0676. The highest BCUT2D eigenvalue weighted by atomic mass is 16.5. The SMILES string of the molecule is O=C(CCN1C(=O)NC(C2CCCCC2)C1=O)N1CCOc2ccccc2C1. The number of hydrogen-bond donors (Lipinski definition) is 1. The van der Waals surface area contributed by atoms with Crippen LogP contribution in [0.4, 0.5) is 4.79 Å². The fourth-order valence-electron chi connectivity index (χ4n) is 4.44. The van der Waals surface area contributed by atoms with Crippen molar-refractivity contribution in [1.29, 1.82) is 0 Å². The monoisotopic (exact) mass is 385 g/mol. The van der Waals surface area contributed by atoms with E-state index in [0.29, 0.717) is 19.7 Å². The molecule has 0 bridgehead atoms. The van der Waals surface area contributed by atoms with Gasteiger partial charge < -0.3 is 15.0 Å². The number of fused-ring (bicyclic) bond motifs is 1. The van der Waals surface area contributed by atoms with Crippen LogP contribution in [-0.4, -0.2) is 53.4 Å². The van der Waals surface area contributed by atoms with Crippen LogP contribution in [0.5, 0.6) is 5.75 Å². The third-order valence-electron chi connectivity index (χ3n) is 6.03. The Balaban J connectivity index is 1.34. The van der Waals surface area contributed by atoms with Crippen LogP contribution in [0.15, 0.2) is 24.3 Å². The zero-order chi connectivity index (χ0) is 19.5. The number of rotatable bonds is 4. The molecule has 2 fully saturated rings. The van der Waals surface area contributed by atoms with Crippen LogP contribution < -0.4 is 10.1 Å². The number of carbonyl (C=O) groups excluding carboxylic acids is 3. The van der Waals surface area contributed by atoms with E-state index in [-0.39, 0.29) is 36.7 Å². The molecule has 1 aromatic carbocycles. The fraction of sp³-hybridized carbons (Fsp3) is 0.571. The Kier molecular flexibility index (Phi) is 5.50. The van der Waals surface area contributed by atoms with E-state index in [9.17, 15) is 14.4 Å². The molecule has 4 rings (SSSR count). The molecule has 7 heteroatoms. The lowest BCUT2D eigenvalue weighted by molar-refractivity contribution is -0.133. The summed E-state index contributed by atoms with van der Waals surface area (Å²) in [6.45, 7) is 1.56. The van der Waals surface area contributed by atoms with Crippen molar-refractivity contribution in [3.05, 3.63) is 29.8 Å². The van der Waals surface area contributed by atoms with Crippen LogP contribution in [0, 0.1) is 5.92 Å². The molecule has 1 saturated carbocycles. The summed E-state index contributed by atoms with van der Waals surface area (Å²) in [4.78, 5) is 40.7. The summed E-state index contributed by atoms with van der Waals surface area (Å²) in [6, 6.07) is 6.92. The average Bonchev–Trinajstić information content (AvgIpc) is 2.88. The van der Waals surface area contributed by atoms with Crippen LogP contribution in [0.25, 0.3) is 0 Å². The van der Waals surface area contributed by atoms with Crippen molar-refractivity contribution in [3.63, 3.8) is 0 Å². The maximum Gasteiger partial charge on any atom is 0.324 e. The minimum atomic E-state index is -0.415. The maximum absolute atomic E-state index is 12.7. The molecule has 28 heavy (non-hydrogen) atoms. The fourth-order valence-corrected chi connectivity index (χ4v) is 4.44. The van der Waals surface area contributed by atoms with Crippen molar-refractivity contribution in [3.8, 4) is 5.75 Å². The van der Waals surface area contributed by atoms with E-state index in [1.165, 1.54) is 11.3 Å². The average molecular weight is 385 g/mol. The van der Waals surface area contributed by atoms with E-state index in [2.05, 4.69) is 5.32 Å². The first-order valence-electron chi connectivity index (χ1n) is 10.2. The molecule has 1 unspecified atom stereocenters. The molecule has 2 aliphatic heterocycles. The summed E-state index contributed by atoms with van der Waals surface area (Å²) in [5.74, 6) is 0.795. The molecule has 0 aromatic heterocycles. The molecule has 1 saturated heterocycles. The Bertz CT molecular complexity index is 760. The topological polar surface area (TPSA) is 79.0 Å². The molecule has 7 nitrogen and oxygen atoms in total. The zero-order valence-corrected chi connectivity index (χ0v) is 16.1. The van der Waals surface area contributed by atoms with Crippen molar-refractivity contribution < 1.29 is 19.1 Å². The second-order valence-electron chi connectivity index (χ2n) is 7.84. The van der Waals surface area contributed by atoms with Gasteiger partial charge in [-0.25, -0.2) is 4.79 Å². The van der Waals surface area contributed by atoms with Crippen LogP contribution in [0.3, 0.4) is 0 Å².